The number of nitrogens with one attached hydrogen (secondary N) is 3. The molecule has 8 heteroatoms. The highest BCUT2D eigenvalue weighted by molar-refractivity contribution is 5.94. The van der Waals surface area contributed by atoms with E-state index in [1.807, 2.05) is 0 Å². The summed E-state index contributed by atoms with van der Waals surface area (Å²) in [7, 11) is 0. The maximum absolute atomic E-state index is 12.5. The van der Waals surface area contributed by atoms with Gasteiger partial charge in [-0.15, -0.1) is 0 Å². The molecule has 2 heterocycles. The van der Waals surface area contributed by atoms with Gasteiger partial charge in [0.15, 0.2) is 0 Å². The minimum atomic E-state index is -4.42. The highest BCUT2D eigenvalue weighted by atomic mass is 19.4. The fourth-order valence-corrected chi connectivity index (χ4v) is 2.48. The Hall–Kier alpha value is -1.64. The lowest BCUT2D eigenvalue weighted by Crippen LogP contribution is -2.46. The zero-order valence-corrected chi connectivity index (χ0v) is 13.5. The van der Waals surface area contributed by atoms with E-state index in [0.29, 0.717) is 26.2 Å². The summed E-state index contributed by atoms with van der Waals surface area (Å²) in [6.07, 6.45) is -4.42. The minimum absolute atomic E-state index is 0.0896. The van der Waals surface area contributed by atoms with Gasteiger partial charge in [0.2, 0.25) is 0 Å². The van der Waals surface area contributed by atoms with E-state index in [4.69, 9.17) is 0 Å². The van der Waals surface area contributed by atoms with Crippen LogP contribution in [0.25, 0.3) is 0 Å². The third-order valence-corrected chi connectivity index (χ3v) is 3.80. The van der Waals surface area contributed by atoms with Gasteiger partial charge in [-0.1, -0.05) is 6.07 Å². The first-order valence-corrected chi connectivity index (χ1v) is 8.07. The molecular weight excluding hydrogens is 321 g/mol. The number of alkyl halides is 3. The van der Waals surface area contributed by atoms with Gasteiger partial charge in [0.25, 0.3) is 5.91 Å². The lowest BCUT2D eigenvalue weighted by Gasteiger charge is -2.27. The SMILES string of the molecule is C1CNCCN1.O=C(c1cccc(C(F)(F)F)c1)N1CCNCC1. The molecule has 2 aliphatic heterocycles. The van der Waals surface area contributed by atoms with Crippen LogP contribution in [0.15, 0.2) is 24.3 Å². The van der Waals surface area contributed by atoms with Crippen molar-refractivity contribution in [1.29, 1.82) is 0 Å². The van der Waals surface area contributed by atoms with E-state index in [-0.39, 0.29) is 11.5 Å². The Bertz CT molecular complexity index is 515. The quantitative estimate of drug-likeness (QED) is 0.710. The molecule has 0 radical (unpaired) electrons. The largest absolute Gasteiger partial charge is 0.416 e. The number of nitrogens with zero attached hydrogens (tertiary/aromatic N) is 1. The molecule has 0 spiro atoms. The molecule has 0 saturated carbocycles. The summed E-state index contributed by atoms with van der Waals surface area (Å²) in [6, 6.07) is 4.55. The number of carbonyl (C=O) groups excluding carboxylic acids is 1. The normalized spacial score (nSPS) is 18.5. The van der Waals surface area contributed by atoms with Crippen LogP contribution in [0.1, 0.15) is 15.9 Å². The Morgan fingerprint density at radius 1 is 0.917 bits per heavy atom. The number of carbonyl (C=O) groups is 1. The van der Waals surface area contributed by atoms with Gasteiger partial charge in [-0.2, -0.15) is 13.2 Å². The first-order chi connectivity index (χ1) is 11.5. The summed E-state index contributed by atoms with van der Waals surface area (Å²) in [4.78, 5) is 13.6. The van der Waals surface area contributed by atoms with Crippen molar-refractivity contribution in [3.8, 4) is 0 Å². The molecule has 24 heavy (non-hydrogen) atoms. The van der Waals surface area contributed by atoms with Crippen molar-refractivity contribution in [2.24, 2.45) is 0 Å². The first kappa shape index (κ1) is 18.7. The second-order valence-corrected chi connectivity index (χ2v) is 5.62. The second-order valence-electron chi connectivity index (χ2n) is 5.62. The molecule has 1 aromatic carbocycles. The van der Waals surface area contributed by atoms with Gasteiger partial charge in [0.05, 0.1) is 5.56 Å². The third kappa shape index (κ3) is 5.77. The zero-order chi connectivity index (χ0) is 17.4. The fraction of sp³-hybridized carbons (Fsp3) is 0.562. The topological polar surface area (TPSA) is 56.4 Å². The number of rotatable bonds is 1. The minimum Gasteiger partial charge on any atom is -0.336 e. The molecule has 2 aliphatic rings. The van der Waals surface area contributed by atoms with Crippen molar-refractivity contribution in [2.75, 3.05) is 52.4 Å². The van der Waals surface area contributed by atoms with Crippen molar-refractivity contribution in [1.82, 2.24) is 20.9 Å². The van der Waals surface area contributed by atoms with Gasteiger partial charge in [-0.05, 0) is 18.2 Å². The maximum atomic E-state index is 12.5. The number of benzene rings is 1. The van der Waals surface area contributed by atoms with Crippen molar-refractivity contribution < 1.29 is 18.0 Å². The van der Waals surface area contributed by atoms with Crippen LogP contribution in [-0.2, 0) is 6.18 Å². The molecule has 0 atom stereocenters. The monoisotopic (exact) mass is 344 g/mol. The highest BCUT2D eigenvalue weighted by Gasteiger charge is 2.31. The molecule has 2 fully saturated rings. The Balaban J connectivity index is 0.000000292. The molecule has 0 unspecified atom stereocenters. The van der Waals surface area contributed by atoms with Crippen LogP contribution in [0.4, 0.5) is 13.2 Å². The van der Waals surface area contributed by atoms with Crippen molar-refractivity contribution in [2.45, 2.75) is 6.18 Å². The second kappa shape index (κ2) is 9.00. The predicted molar refractivity (Wildman–Crippen MR) is 86.0 cm³/mol. The number of piperazine rings is 2. The predicted octanol–water partition coefficient (Wildman–Crippen LogP) is 0.930. The van der Waals surface area contributed by atoms with Crippen molar-refractivity contribution in [3.63, 3.8) is 0 Å². The lowest BCUT2D eigenvalue weighted by molar-refractivity contribution is -0.137. The summed E-state index contributed by atoms with van der Waals surface area (Å²) in [5, 5.41) is 9.53. The van der Waals surface area contributed by atoms with Crippen molar-refractivity contribution in [3.05, 3.63) is 35.4 Å². The lowest BCUT2D eigenvalue weighted by atomic mass is 10.1. The number of amides is 1. The van der Waals surface area contributed by atoms with Crippen LogP contribution in [0.3, 0.4) is 0 Å². The summed E-state index contributed by atoms with van der Waals surface area (Å²) < 4.78 is 37.6. The molecule has 0 aromatic heterocycles. The summed E-state index contributed by atoms with van der Waals surface area (Å²) in [5.74, 6) is -0.345. The zero-order valence-electron chi connectivity index (χ0n) is 13.5. The molecule has 0 aliphatic carbocycles. The van der Waals surface area contributed by atoms with E-state index < -0.39 is 11.7 Å². The molecule has 1 aromatic rings. The van der Waals surface area contributed by atoms with Gasteiger partial charge in [0.1, 0.15) is 0 Å². The average Bonchev–Trinajstić information content (AvgIpc) is 2.63. The molecule has 5 nitrogen and oxygen atoms in total. The van der Waals surface area contributed by atoms with E-state index in [1.165, 1.54) is 12.1 Å². The molecule has 134 valence electrons. The van der Waals surface area contributed by atoms with Crippen LogP contribution in [-0.4, -0.2) is 63.2 Å². The maximum Gasteiger partial charge on any atom is 0.416 e. The number of hydrogen-bond donors (Lipinski definition) is 3. The van der Waals surface area contributed by atoms with E-state index in [0.717, 1.165) is 38.3 Å². The third-order valence-electron chi connectivity index (χ3n) is 3.80. The van der Waals surface area contributed by atoms with E-state index in [9.17, 15) is 18.0 Å². The average molecular weight is 344 g/mol. The van der Waals surface area contributed by atoms with Crippen molar-refractivity contribution >= 4 is 5.91 Å². The Morgan fingerprint density at radius 3 is 1.96 bits per heavy atom. The Labute approximate surface area is 139 Å². The number of halogens is 3. The molecule has 2 saturated heterocycles. The van der Waals surface area contributed by atoms with Crippen LogP contribution >= 0.6 is 0 Å². The van der Waals surface area contributed by atoms with Crippen LogP contribution in [0.5, 0.6) is 0 Å². The van der Waals surface area contributed by atoms with Gasteiger partial charge >= 0.3 is 6.18 Å². The highest BCUT2D eigenvalue weighted by Crippen LogP contribution is 2.29. The smallest absolute Gasteiger partial charge is 0.336 e. The standard InChI is InChI=1S/C12H13F3N2O.C4H10N2/c13-12(14,15)10-3-1-2-9(8-10)11(18)17-6-4-16-5-7-17;1-2-6-4-3-5-1/h1-3,8,16H,4-7H2;5-6H,1-4H2. The molecular formula is C16H23F3N4O. The van der Waals surface area contributed by atoms with Crippen LogP contribution in [0, 0.1) is 0 Å². The summed E-state index contributed by atoms with van der Waals surface area (Å²) in [6.45, 7) is 6.94. The van der Waals surface area contributed by atoms with E-state index in [2.05, 4.69) is 16.0 Å². The van der Waals surface area contributed by atoms with Gasteiger partial charge in [-0.3, -0.25) is 4.79 Å². The van der Waals surface area contributed by atoms with Gasteiger partial charge in [-0.25, -0.2) is 0 Å². The van der Waals surface area contributed by atoms with E-state index >= 15 is 0 Å². The Kier molecular flexibility index (Phi) is 7.01. The van der Waals surface area contributed by atoms with Crippen LogP contribution in [0.2, 0.25) is 0 Å². The number of hydrogen-bond acceptors (Lipinski definition) is 4. The van der Waals surface area contributed by atoms with Gasteiger partial charge in [0, 0.05) is 57.9 Å². The fourth-order valence-electron chi connectivity index (χ4n) is 2.48. The summed E-state index contributed by atoms with van der Waals surface area (Å²) >= 11 is 0. The van der Waals surface area contributed by atoms with Gasteiger partial charge < -0.3 is 20.9 Å². The molecule has 1 amide bonds. The first-order valence-electron chi connectivity index (χ1n) is 8.07. The van der Waals surface area contributed by atoms with E-state index in [1.54, 1.807) is 4.90 Å². The molecule has 0 bridgehead atoms. The van der Waals surface area contributed by atoms with Crippen LogP contribution < -0.4 is 16.0 Å². The summed E-state index contributed by atoms with van der Waals surface area (Å²) in [5.41, 5.74) is -0.699. The molecule has 3 rings (SSSR count). The molecule has 3 N–H and O–H groups in total. The Morgan fingerprint density at radius 2 is 1.46 bits per heavy atom.